The number of nitrogens with zero attached hydrogens (tertiary/aromatic N) is 1. The summed E-state index contributed by atoms with van der Waals surface area (Å²) < 4.78 is 5.23. The Morgan fingerprint density at radius 2 is 1.97 bits per heavy atom. The molecule has 0 bridgehead atoms. The van der Waals surface area contributed by atoms with Gasteiger partial charge in [-0.15, -0.1) is 11.3 Å². The van der Waals surface area contributed by atoms with Crippen LogP contribution in [-0.4, -0.2) is 43.0 Å². The van der Waals surface area contributed by atoms with E-state index in [4.69, 9.17) is 16.3 Å². The Morgan fingerprint density at radius 3 is 2.62 bits per heavy atom. The van der Waals surface area contributed by atoms with E-state index in [1.165, 1.54) is 17.8 Å². The number of methoxy groups -OCH3 is 1. The van der Waals surface area contributed by atoms with Crippen LogP contribution in [0.15, 0.2) is 41.8 Å². The molecule has 1 aliphatic rings. The Hall–Kier alpha value is -1.89. The molecule has 0 saturated heterocycles. The minimum absolute atomic E-state index is 0.141. The lowest BCUT2D eigenvalue weighted by Crippen LogP contribution is -2.48. The van der Waals surface area contributed by atoms with Gasteiger partial charge in [-0.25, -0.2) is 0 Å². The fourth-order valence-electron chi connectivity index (χ4n) is 3.75. The van der Waals surface area contributed by atoms with Crippen molar-refractivity contribution in [2.45, 2.75) is 44.2 Å². The van der Waals surface area contributed by atoms with Gasteiger partial charge in [0.1, 0.15) is 6.04 Å². The molecule has 3 rings (SSSR count). The van der Waals surface area contributed by atoms with Crippen LogP contribution in [0.25, 0.3) is 0 Å². The molecule has 1 aliphatic carbocycles. The molecule has 1 atom stereocenters. The van der Waals surface area contributed by atoms with Crippen molar-refractivity contribution in [2.24, 2.45) is 0 Å². The molecule has 1 saturated carbocycles. The van der Waals surface area contributed by atoms with Crippen LogP contribution in [0.1, 0.15) is 53.4 Å². The second-order valence-corrected chi connectivity index (χ2v) is 8.59. The van der Waals surface area contributed by atoms with Crippen LogP contribution in [0.4, 0.5) is 0 Å². The van der Waals surface area contributed by atoms with Crippen LogP contribution in [0.2, 0.25) is 5.02 Å². The molecule has 0 spiro atoms. The zero-order valence-corrected chi connectivity index (χ0v) is 18.2. The van der Waals surface area contributed by atoms with Gasteiger partial charge in [-0.1, -0.05) is 55.1 Å². The zero-order valence-electron chi connectivity index (χ0n) is 16.6. The summed E-state index contributed by atoms with van der Waals surface area (Å²) in [4.78, 5) is 28.9. The van der Waals surface area contributed by atoms with Crippen LogP contribution < -0.4 is 5.32 Å². The van der Waals surface area contributed by atoms with Crippen LogP contribution in [0.3, 0.4) is 0 Å². The van der Waals surface area contributed by atoms with Gasteiger partial charge in [0.2, 0.25) is 5.91 Å². The average molecular weight is 435 g/mol. The van der Waals surface area contributed by atoms with Gasteiger partial charge in [0.25, 0.3) is 5.91 Å². The number of nitrogens with one attached hydrogen (secondary N) is 1. The molecule has 156 valence electrons. The fraction of sp³-hybridized carbons (Fsp3) is 0.455. The van der Waals surface area contributed by atoms with Gasteiger partial charge in [0.05, 0.1) is 11.5 Å². The lowest BCUT2D eigenvalue weighted by Gasteiger charge is -2.33. The normalized spacial score (nSPS) is 15.7. The van der Waals surface area contributed by atoms with Crippen LogP contribution >= 0.6 is 22.9 Å². The van der Waals surface area contributed by atoms with Gasteiger partial charge >= 0.3 is 0 Å². The molecule has 0 unspecified atom stereocenters. The maximum Gasteiger partial charge on any atom is 0.264 e. The largest absolute Gasteiger partial charge is 0.383 e. The third-order valence-corrected chi connectivity index (χ3v) is 6.44. The average Bonchev–Trinajstić information content (AvgIpc) is 3.27. The topological polar surface area (TPSA) is 58.6 Å². The lowest BCUT2D eigenvalue weighted by atomic mass is 9.94. The number of hydrogen-bond donors (Lipinski definition) is 1. The summed E-state index contributed by atoms with van der Waals surface area (Å²) >= 11 is 7.83. The molecule has 1 aromatic heterocycles. The number of benzene rings is 1. The van der Waals surface area contributed by atoms with Gasteiger partial charge in [-0.2, -0.15) is 0 Å². The van der Waals surface area contributed by atoms with E-state index >= 15 is 0 Å². The SMILES string of the molecule is COCCN(C(=O)c1cccs1)[C@@H](C(=O)NC1CCCCC1)c1ccccc1Cl. The molecular formula is C22H27ClN2O3S. The molecular weight excluding hydrogens is 408 g/mol. The maximum absolute atomic E-state index is 13.4. The Balaban J connectivity index is 1.94. The summed E-state index contributed by atoms with van der Waals surface area (Å²) in [6.45, 7) is 0.621. The van der Waals surface area contributed by atoms with Crippen LogP contribution in [0.5, 0.6) is 0 Å². The molecule has 1 fully saturated rings. The van der Waals surface area contributed by atoms with Gasteiger partial charge in [0.15, 0.2) is 0 Å². The van der Waals surface area contributed by atoms with E-state index < -0.39 is 6.04 Å². The molecule has 0 aliphatic heterocycles. The number of halogens is 1. The summed E-state index contributed by atoms with van der Waals surface area (Å²) in [5.74, 6) is -0.383. The van der Waals surface area contributed by atoms with Crippen molar-refractivity contribution in [2.75, 3.05) is 20.3 Å². The van der Waals surface area contributed by atoms with E-state index in [-0.39, 0.29) is 17.9 Å². The van der Waals surface area contributed by atoms with Gasteiger partial charge < -0.3 is 15.0 Å². The molecule has 29 heavy (non-hydrogen) atoms. The van der Waals surface area contributed by atoms with Gasteiger partial charge in [-0.05, 0) is 30.4 Å². The highest BCUT2D eigenvalue weighted by atomic mass is 35.5. The number of thiophene rings is 1. The van der Waals surface area contributed by atoms with E-state index in [2.05, 4.69) is 5.32 Å². The number of carbonyl (C=O) groups is 2. The third kappa shape index (κ3) is 5.59. The van der Waals surface area contributed by atoms with Gasteiger partial charge in [-0.3, -0.25) is 9.59 Å². The predicted octanol–water partition coefficient (Wildman–Crippen LogP) is 4.68. The maximum atomic E-state index is 13.4. The second-order valence-electron chi connectivity index (χ2n) is 7.24. The minimum Gasteiger partial charge on any atom is -0.383 e. The summed E-state index contributed by atoms with van der Waals surface area (Å²) in [5.41, 5.74) is 0.628. The molecule has 0 radical (unpaired) electrons. The summed E-state index contributed by atoms with van der Waals surface area (Å²) in [6, 6.07) is 10.2. The van der Waals surface area contributed by atoms with Crippen molar-refractivity contribution in [3.8, 4) is 0 Å². The number of ether oxygens (including phenoxy) is 1. The van der Waals surface area contributed by atoms with Crippen molar-refractivity contribution in [1.82, 2.24) is 10.2 Å². The highest BCUT2D eigenvalue weighted by Gasteiger charge is 2.34. The second kappa shape index (κ2) is 10.8. The van der Waals surface area contributed by atoms with Crippen molar-refractivity contribution in [1.29, 1.82) is 0 Å². The number of hydrogen-bond acceptors (Lipinski definition) is 4. The number of amides is 2. The quantitative estimate of drug-likeness (QED) is 0.656. The fourth-order valence-corrected chi connectivity index (χ4v) is 4.67. The molecule has 5 nitrogen and oxygen atoms in total. The summed E-state index contributed by atoms with van der Waals surface area (Å²) in [7, 11) is 1.58. The Bertz CT molecular complexity index is 806. The monoisotopic (exact) mass is 434 g/mol. The van der Waals surface area contributed by atoms with Crippen molar-refractivity contribution in [3.63, 3.8) is 0 Å². The first-order valence-corrected chi connectivity index (χ1v) is 11.3. The molecule has 1 heterocycles. The van der Waals surface area contributed by atoms with E-state index in [0.29, 0.717) is 28.6 Å². The minimum atomic E-state index is -0.810. The van der Waals surface area contributed by atoms with E-state index in [0.717, 1.165) is 25.7 Å². The molecule has 2 aromatic rings. The first kappa shape index (κ1) is 21.8. The van der Waals surface area contributed by atoms with E-state index in [9.17, 15) is 9.59 Å². The molecule has 1 N–H and O–H groups in total. The smallest absolute Gasteiger partial charge is 0.264 e. The summed E-state index contributed by atoms with van der Waals surface area (Å²) in [6.07, 6.45) is 5.37. The first-order chi connectivity index (χ1) is 14.1. The molecule has 1 aromatic carbocycles. The number of rotatable bonds is 8. The van der Waals surface area contributed by atoms with Crippen molar-refractivity contribution >= 4 is 34.8 Å². The summed E-state index contributed by atoms with van der Waals surface area (Å²) in [5, 5.41) is 5.50. The number of carbonyl (C=O) groups excluding carboxylic acids is 2. The molecule has 2 amide bonds. The zero-order chi connectivity index (χ0) is 20.6. The van der Waals surface area contributed by atoms with Crippen molar-refractivity contribution in [3.05, 3.63) is 57.2 Å². The third-order valence-electron chi connectivity index (χ3n) is 5.24. The van der Waals surface area contributed by atoms with Crippen LogP contribution in [0, 0.1) is 0 Å². The highest BCUT2D eigenvalue weighted by Crippen LogP contribution is 2.30. The Kier molecular flexibility index (Phi) is 8.09. The van der Waals surface area contributed by atoms with Gasteiger partial charge in [0, 0.05) is 30.3 Å². The first-order valence-electron chi connectivity index (χ1n) is 10.00. The van der Waals surface area contributed by atoms with E-state index in [1.807, 2.05) is 29.6 Å². The predicted molar refractivity (Wildman–Crippen MR) is 116 cm³/mol. The van der Waals surface area contributed by atoms with Crippen LogP contribution in [-0.2, 0) is 9.53 Å². The Labute approximate surface area is 181 Å². The lowest BCUT2D eigenvalue weighted by molar-refractivity contribution is -0.127. The standard InChI is InChI=1S/C22H27ClN2O3S/c1-28-14-13-25(22(27)19-12-7-15-29-19)20(17-10-5-6-11-18(17)23)21(26)24-16-8-3-2-4-9-16/h5-7,10-12,15-16,20H,2-4,8-9,13-14H2,1H3,(H,24,26)/t20-/m1/s1. The highest BCUT2D eigenvalue weighted by molar-refractivity contribution is 7.12. The van der Waals surface area contributed by atoms with E-state index in [1.54, 1.807) is 24.1 Å². The molecule has 7 heteroatoms. The van der Waals surface area contributed by atoms with Crippen molar-refractivity contribution < 1.29 is 14.3 Å². The Morgan fingerprint density at radius 1 is 1.21 bits per heavy atom.